The van der Waals surface area contributed by atoms with Gasteiger partial charge in [0.1, 0.15) is 0 Å². The lowest BCUT2D eigenvalue weighted by Crippen LogP contribution is -2.39. The molecule has 3 aromatic rings. The monoisotopic (exact) mass is 373 g/mol. The molecule has 1 fully saturated rings. The topological polar surface area (TPSA) is 87.9 Å². The van der Waals surface area contributed by atoms with Crippen LogP contribution in [0.3, 0.4) is 0 Å². The fourth-order valence-corrected chi connectivity index (χ4v) is 3.20. The first-order chi connectivity index (χ1) is 13.0. The first-order valence-corrected chi connectivity index (χ1v) is 8.61. The number of likely N-dealkylation sites (tertiary alicyclic amines) is 1. The van der Waals surface area contributed by atoms with E-state index in [9.17, 15) is 13.6 Å². The molecule has 1 unspecified atom stereocenters. The Labute approximate surface area is 153 Å². The van der Waals surface area contributed by atoms with Crippen molar-refractivity contribution < 1.29 is 18.1 Å². The number of amides is 1. The van der Waals surface area contributed by atoms with E-state index in [0.29, 0.717) is 30.6 Å². The van der Waals surface area contributed by atoms with E-state index < -0.39 is 11.6 Å². The van der Waals surface area contributed by atoms with Crippen LogP contribution in [-0.2, 0) is 0 Å². The van der Waals surface area contributed by atoms with E-state index in [0.717, 1.165) is 30.7 Å². The molecule has 7 nitrogen and oxygen atoms in total. The molecule has 0 saturated carbocycles. The third-order valence-corrected chi connectivity index (χ3v) is 4.58. The van der Waals surface area contributed by atoms with Gasteiger partial charge in [0.15, 0.2) is 17.5 Å². The largest absolute Gasteiger partial charge is 0.339 e. The first kappa shape index (κ1) is 17.3. The SMILES string of the molecule is Cc1cnc(-c2noc(C3CCCN(C(=O)c4ccc(F)c(F)c4)C3)n2)[nH]1. The van der Waals surface area contributed by atoms with Crippen LogP contribution in [0, 0.1) is 18.6 Å². The fourth-order valence-electron chi connectivity index (χ4n) is 3.20. The van der Waals surface area contributed by atoms with E-state index >= 15 is 0 Å². The Bertz CT molecular complexity index is 984. The van der Waals surface area contributed by atoms with E-state index in [1.54, 1.807) is 11.1 Å². The smallest absolute Gasteiger partial charge is 0.253 e. The van der Waals surface area contributed by atoms with Crippen molar-refractivity contribution >= 4 is 5.91 Å². The van der Waals surface area contributed by atoms with Gasteiger partial charge >= 0.3 is 0 Å². The van der Waals surface area contributed by atoms with Crippen molar-refractivity contribution in [1.29, 1.82) is 0 Å². The quantitative estimate of drug-likeness (QED) is 0.762. The average Bonchev–Trinajstić information content (AvgIpc) is 3.32. The Kier molecular flexibility index (Phi) is 4.43. The summed E-state index contributed by atoms with van der Waals surface area (Å²) < 4.78 is 31.9. The number of hydrogen-bond acceptors (Lipinski definition) is 5. The van der Waals surface area contributed by atoms with Gasteiger partial charge in [-0.2, -0.15) is 4.98 Å². The maximum absolute atomic E-state index is 13.4. The maximum atomic E-state index is 13.4. The molecule has 3 heterocycles. The van der Waals surface area contributed by atoms with Crippen LogP contribution >= 0.6 is 0 Å². The number of aryl methyl sites for hydroxylation is 1. The maximum Gasteiger partial charge on any atom is 0.253 e. The molecule has 1 N–H and O–H groups in total. The summed E-state index contributed by atoms with van der Waals surface area (Å²) in [6, 6.07) is 3.17. The number of hydrogen-bond donors (Lipinski definition) is 1. The minimum atomic E-state index is -1.04. The highest BCUT2D eigenvalue weighted by molar-refractivity contribution is 5.94. The molecule has 0 bridgehead atoms. The first-order valence-electron chi connectivity index (χ1n) is 8.61. The Morgan fingerprint density at radius 2 is 2.19 bits per heavy atom. The molecule has 1 atom stereocenters. The summed E-state index contributed by atoms with van der Waals surface area (Å²) in [5.41, 5.74) is 1.00. The number of carbonyl (C=O) groups is 1. The summed E-state index contributed by atoms with van der Waals surface area (Å²) in [5, 5.41) is 3.95. The van der Waals surface area contributed by atoms with Crippen molar-refractivity contribution in [1.82, 2.24) is 25.0 Å². The van der Waals surface area contributed by atoms with Crippen molar-refractivity contribution in [2.75, 3.05) is 13.1 Å². The molecule has 1 aliphatic heterocycles. The van der Waals surface area contributed by atoms with Crippen LogP contribution in [0.1, 0.15) is 40.7 Å². The Balaban J connectivity index is 1.50. The highest BCUT2D eigenvalue weighted by Crippen LogP contribution is 2.28. The molecule has 27 heavy (non-hydrogen) atoms. The van der Waals surface area contributed by atoms with Crippen LogP contribution in [0.5, 0.6) is 0 Å². The minimum Gasteiger partial charge on any atom is -0.339 e. The molecule has 0 aliphatic carbocycles. The number of nitrogens with zero attached hydrogens (tertiary/aromatic N) is 4. The molecule has 0 spiro atoms. The van der Waals surface area contributed by atoms with Crippen LogP contribution in [-0.4, -0.2) is 44.0 Å². The van der Waals surface area contributed by atoms with Crippen molar-refractivity contribution in [3.8, 4) is 11.6 Å². The van der Waals surface area contributed by atoms with Crippen LogP contribution in [0.15, 0.2) is 28.9 Å². The van der Waals surface area contributed by atoms with E-state index in [2.05, 4.69) is 20.1 Å². The van der Waals surface area contributed by atoms with Gasteiger partial charge in [-0.1, -0.05) is 5.16 Å². The van der Waals surface area contributed by atoms with Gasteiger partial charge in [0.25, 0.3) is 5.91 Å². The Morgan fingerprint density at radius 3 is 2.93 bits per heavy atom. The van der Waals surface area contributed by atoms with E-state index in [1.165, 1.54) is 6.07 Å². The van der Waals surface area contributed by atoms with Gasteiger partial charge in [0.2, 0.25) is 11.7 Å². The van der Waals surface area contributed by atoms with Crippen LogP contribution in [0.25, 0.3) is 11.6 Å². The van der Waals surface area contributed by atoms with Crippen LogP contribution < -0.4 is 0 Å². The fraction of sp³-hybridized carbons (Fsp3) is 0.333. The summed E-state index contributed by atoms with van der Waals surface area (Å²) in [6.45, 7) is 2.78. The highest BCUT2D eigenvalue weighted by Gasteiger charge is 2.29. The number of aromatic nitrogens is 4. The lowest BCUT2D eigenvalue weighted by Gasteiger charge is -2.31. The molecular weight excluding hydrogens is 356 g/mol. The van der Waals surface area contributed by atoms with Gasteiger partial charge in [0.05, 0.1) is 5.92 Å². The van der Waals surface area contributed by atoms with Crippen molar-refractivity contribution in [2.24, 2.45) is 0 Å². The van der Waals surface area contributed by atoms with Crippen molar-refractivity contribution in [3.63, 3.8) is 0 Å². The van der Waals surface area contributed by atoms with Gasteiger partial charge in [-0.05, 0) is 38.0 Å². The molecule has 1 aliphatic rings. The second-order valence-electron chi connectivity index (χ2n) is 6.59. The number of carbonyl (C=O) groups excluding carboxylic acids is 1. The van der Waals surface area contributed by atoms with Gasteiger partial charge in [0, 0.05) is 30.5 Å². The normalized spacial score (nSPS) is 17.3. The van der Waals surface area contributed by atoms with Gasteiger partial charge in [-0.25, -0.2) is 13.8 Å². The molecule has 1 amide bonds. The predicted octanol–water partition coefficient (Wildman–Crippen LogP) is 3.07. The van der Waals surface area contributed by atoms with Crippen molar-refractivity contribution in [2.45, 2.75) is 25.7 Å². The Morgan fingerprint density at radius 1 is 1.33 bits per heavy atom. The molecule has 4 rings (SSSR count). The Hall–Kier alpha value is -3.10. The van der Waals surface area contributed by atoms with E-state index in [-0.39, 0.29) is 17.4 Å². The number of benzene rings is 1. The zero-order valence-corrected chi connectivity index (χ0v) is 14.6. The summed E-state index contributed by atoms with van der Waals surface area (Å²) >= 11 is 0. The number of nitrogens with one attached hydrogen (secondary N) is 1. The molecule has 0 radical (unpaired) electrons. The standard InChI is InChI=1S/C18H17F2N5O2/c1-10-8-21-15(22-10)16-23-17(27-24-16)12-3-2-6-25(9-12)18(26)11-4-5-13(19)14(20)7-11/h4-5,7-8,12H,2-3,6,9H2,1H3,(H,21,22). The number of aromatic amines is 1. The number of rotatable bonds is 3. The zero-order valence-electron chi connectivity index (χ0n) is 14.6. The average molecular weight is 373 g/mol. The molecular formula is C18H17F2N5O2. The lowest BCUT2D eigenvalue weighted by molar-refractivity contribution is 0.0695. The van der Waals surface area contributed by atoms with Crippen molar-refractivity contribution in [3.05, 3.63) is 53.2 Å². The highest BCUT2D eigenvalue weighted by atomic mass is 19.2. The van der Waals surface area contributed by atoms with Crippen LogP contribution in [0.2, 0.25) is 0 Å². The van der Waals surface area contributed by atoms with Gasteiger partial charge in [-0.15, -0.1) is 0 Å². The number of halogens is 2. The summed E-state index contributed by atoms with van der Waals surface area (Å²) in [4.78, 5) is 25.8. The number of imidazole rings is 1. The minimum absolute atomic E-state index is 0.117. The van der Waals surface area contributed by atoms with Crippen LogP contribution in [0.4, 0.5) is 8.78 Å². The lowest BCUT2D eigenvalue weighted by atomic mass is 9.97. The molecule has 1 aromatic carbocycles. The van der Waals surface area contributed by atoms with E-state index in [4.69, 9.17) is 4.52 Å². The summed E-state index contributed by atoms with van der Waals surface area (Å²) in [5.74, 6) is -1.17. The predicted molar refractivity (Wildman–Crippen MR) is 90.9 cm³/mol. The summed E-state index contributed by atoms with van der Waals surface area (Å²) in [6.07, 6.45) is 3.21. The second-order valence-corrected chi connectivity index (χ2v) is 6.59. The number of H-pyrrole nitrogens is 1. The third-order valence-electron chi connectivity index (χ3n) is 4.58. The number of piperidine rings is 1. The van der Waals surface area contributed by atoms with E-state index in [1.807, 2.05) is 6.92 Å². The van der Waals surface area contributed by atoms with Gasteiger partial charge in [-0.3, -0.25) is 4.79 Å². The second kappa shape index (κ2) is 6.90. The third kappa shape index (κ3) is 3.44. The summed E-state index contributed by atoms with van der Waals surface area (Å²) in [7, 11) is 0. The molecule has 1 saturated heterocycles. The molecule has 140 valence electrons. The molecule has 9 heteroatoms. The zero-order chi connectivity index (χ0) is 19.0. The van der Waals surface area contributed by atoms with Gasteiger partial charge < -0.3 is 14.4 Å². The molecule has 2 aromatic heterocycles.